The minimum Gasteiger partial charge on any atom is -0.381 e. The van der Waals surface area contributed by atoms with Gasteiger partial charge in [0.15, 0.2) is 11.6 Å². The van der Waals surface area contributed by atoms with E-state index < -0.39 is 5.82 Å². The summed E-state index contributed by atoms with van der Waals surface area (Å²) in [7, 11) is 0. The molecule has 0 saturated carbocycles. The monoisotopic (exact) mass is 256 g/mol. The smallest absolute Gasteiger partial charge is 0.228 e. The van der Waals surface area contributed by atoms with Gasteiger partial charge in [-0.05, 0) is 6.92 Å². The van der Waals surface area contributed by atoms with Gasteiger partial charge in [0.2, 0.25) is 5.89 Å². The zero-order chi connectivity index (χ0) is 12.3. The van der Waals surface area contributed by atoms with Gasteiger partial charge in [0.25, 0.3) is 0 Å². The Morgan fingerprint density at radius 3 is 2.94 bits per heavy atom. The van der Waals surface area contributed by atoms with Crippen molar-refractivity contribution < 1.29 is 8.91 Å². The van der Waals surface area contributed by atoms with Crippen molar-refractivity contribution in [3.8, 4) is 0 Å². The lowest BCUT2D eigenvalue weighted by Crippen LogP contribution is -2.07. The molecule has 2 aromatic rings. The number of pyridine rings is 1. The van der Waals surface area contributed by atoms with E-state index in [9.17, 15) is 4.39 Å². The molecule has 0 aliphatic rings. The van der Waals surface area contributed by atoms with Crippen LogP contribution >= 0.6 is 11.6 Å². The lowest BCUT2D eigenvalue weighted by molar-refractivity contribution is 0.377. The van der Waals surface area contributed by atoms with Crippen molar-refractivity contribution in [3.63, 3.8) is 0 Å². The summed E-state index contributed by atoms with van der Waals surface area (Å²) < 4.78 is 18.2. The van der Waals surface area contributed by atoms with Crippen LogP contribution in [0.5, 0.6) is 0 Å². The van der Waals surface area contributed by atoms with E-state index in [1.54, 1.807) is 6.92 Å². The standard InChI is InChI=1S/C10H10ClFN4O/c1-6-15-9(17-16-6)2-3-14-10-7(11)4-13-5-8(10)12/h4-5H,2-3H2,1H3,(H,13,14). The molecule has 90 valence electrons. The summed E-state index contributed by atoms with van der Waals surface area (Å²) in [6, 6.07) is 0. The molecule has 7 heteroatoms. The first-order valence-electron chi connectivity index (χ1n) is 4.99. The number of hydrogen-bond acceptors (Lipinski definition) is 5. The van der Waals surface area contributed by atoms with Crippen molar-refractivity contribution in [2.45, 2.75) is 13.3 Å². The summed E-state index contributed by atoms with van der Waals surface area (Å²) in [5.41, 5.74) is 0.234. The van der Waals surface area contributed by atoms with Crippen LogP contribution in [0.25, 0.3) is 0 Å². The van der Waals surface area contributed by atoms with Crippen LogP contribution in [0.2, 0.25) is 5.02 Å². The van der Waals surface area contributed by atoms with Crippen LogP contribution in [0.3, 0.4) is 0 Å². The maximum absolute atomic E-state index is 13.3. The number of hydrogen-bond donors (Lipinski definition) is 1. The molecule has 0 bridgehead atoms. The molecule has 0 unspecified atom stereocenters. The molecule has 0 aliphatic carbocycles. The molecule has 0 aliphatic heterocycles. The van der Waals surface area contributed by atoms with Crippen LogP contribution in [-0.4, -0.2) is 21.7 Å². The number of nitrogens with one attached hydrogen (secondary N) is 1. The van der Waals surface area contributed by atoms with E-state index in [0.717, 1.165) is 6.20 Å². The third kappa shape index (κ3) is 2.91. The third-order valence-corrected chi connectivity index (χ3v) is 2.35. The van der Waals surface area contributed by atoms with Crippen molar-refractivity contribution in [2.24, 2.45) is 0 Å². The minimum absolute atomic E-state index is 0.234. The topological polar surface area (TPSA) is 63.8 Å². The zero-order valence-electron chi connectivity index (χ0n) is 9.07. The Labute approximate surface area is 102 Å². The summed E-state index contributed by atoms with van der Waals surface area (Å²) in [5.74, 6) is 0.591. The highest BCUT2D eigenvalue weighted by atomic mass is 35.5. The fourth-order valence-electron chi connectivity index (χ4n) is 1.32. The second kappa shape index (κ2) is 5.09. The Balaban J connectivity index is 1.94. The molecule has 0 radical (unpaired) electrons. The fourth-order valence-corrected chi connectivity index (χ4v) is 1.53. The number of aromatic nitrogens is 3. The SMILES string of the molecule is Cc1noc(CCNc2c(F)cncc2Cl)n1. The van der Waals surface area contributed by atoms with Crippen LogP contribution < -0.4 is 5.32 Å². The van der Waals surface area contributed by atoms with E-state index in [2.05, 4.69) is 20.4 Å². The molecule has 0 aromatic carbocycles. The molecule has 0 atom stereocenters. The van der Waals surface area contributed by atoms with Crippen LogP contribution in [0, 0.1) is 12.7 Å². The van der Waals surface area contributed by atoms with Crippen molar-refractivity contribution in [3.05, 3.63) is 34.9 Å². The summed E-state index contributed by atoms with van der Waals surface area (Å²) in [6.07, 6.45) is 2.98. The Hall–Kier alpha value is -1.69. The number of anilines is 1. The molecule has 5 nitrogen and oxygen atoms in total. The largest absolute Gasteiger partial charge is 0.381 e. The Morgan fingerprint density at radius 2 is 2.29 bits per heavy atom. The van der Waals surface area contributed by atoms with E-state index in [-0.39, 0.29) is 10.7 Å². The predicted octanol–water partition coefficient (Wildman–Crippen LogP) is 2.22. The van der Waals surface area contributed by atoms with E-state index in [0.29, 0.717) is 24.7 Å². The lowest BCUT2D eigenvalue weighted by Gasteiger charge is -2.07. The van der Waals surface area contributed by atoms with Gasteiger partial charge in [-0.25, -0.2) is 4.39 Å². The molecule has 2 aromatic heterocycles. The molecule has 0 fully saturated rings. The summed E-state index contributed by atoms with van der Waals surface area (Å²) in [5, 5.41) is 6.76. The van der Waals surface area contributed by atoms with Crippen molar-refractivity contribution in [1.29, 1.82) is 0 Å². The molecule has 0 spiro atoms. The van der Waals surface area contributed by atoms with E-state index in [1.807, 2.05) is 0 Å². The van der Waals surface area contributed by atoms with Crippen LogP contribution in [0.15, 0.2) is 16.9 Å². The molecule has 0 amide bonds. The number of halogens is 2. The first kappa shape index (κ1) is 11.8. The first-order chi connectivity index (χ1) is 8.16. The van der Waals surface area contributed by atoms with E-state index in [4.69, 9.17) is 16.1 Å². The molecule has 0 saturated heterocycles. The van der Waals surface area contributed by atoms with Gasteiger partial charge < -0.3 is 9.84 Å². The quantitative estimate of drug-likeness (QED) is 0.909. The lowest BCUT2D eigenvalue weighted by atomic mass is 10.3. The average molecular weight is 257 g/mol. The summed E-state index contributed by atoms with van der Waals surface area (Å²) in [4.78, 5) is 7.66. The molecule has 2 rings (SSSR count). The van der Waals surface area contributed by atoms with Gasteiger partial charge in [0.1, 0.15) is 0 Å². The summed E-state index contributed by atoms with van der Waals surface area (Å²) >= 11 is 5.80. The number of nitrogens with zero attached hydrogens (tertiary/aromatic N) is 3. The van der Waals surface area contributed by atoms with Crippen molar-refractivity contribution >= 4 is 17.3 Å². The predicted molar refractivity (Wildman–Crippen MR) is 60.4 cm³/mol. The van der Waals surface area contributed by atoms with E-state index >= 15 is 0 Å². The first-order valence-corrected chi connectivity index (χ1v) is 5.36. The maximum atomic E-state index is 13.3. The second-order valence-electron chi connectivity index (χ2n) is 3.39. The van der Waals surface area contributed by atoms with Gasteiger partial charge >= 0.3 is 0 Å². The van der Waals surface area contributed by atoms with E-state index in [1.165, 1.54) is 6.20 Å². The fraction of sp³-hybridized carbons (Fsp3) is 0.300. The highest BCUT2D eigenvalue weighted by Crippen LogP contribution is 2.22. The minimum atomic E-state index is -0.487. The van der Waals surface area contributed by atoms with Gasteiger partial charge in [-0.3, -0.25) is 4.98 Å². The van der Waals surface area contributed by atoms with Gasteiger partial charge in [-0.15, -0.1) is 0 Å². The van der Waals surface area contributed by atoms with Crippen LogP contribution in [-0.2, 0) is 6.42 Å². The highest BCUT2D eigenvalue weighted by molar-refractivity contribution is 6.33. The molecule has 2 heterocycles. The Bertz CT molecular complexity index is 497. The average Bonchev–Trinajstić information content (AvgIpc) is 2.69. The van der Waals surface area contributed by atoms with Gasteiger partial charge in [0.05, 0.1) is 16.9 Å². The van der Waals surface area contributed by atoms with Gasteiger partial charge in [0, 0.05) is 19.2 Å². The van der Waals surface area contributed by atoms with Gasteiger partial charge in [-0.2, -0.15) is 4.98 Å². The van der Waals surface area contributed by atoms with Crippen LogP contribution in [0.4, 0.5) is 10.1 Å². The summed E-state index contributed by atoms with van der Waals surface area (Å²) in [6.45, 7) is 2.18. The molecular weight excluding hydrogens is 247 g/mol. The maximum Gasteiger partial charge on any atom is 0.228 e. The van der Waals surface area contributed by atoms with Crippen molar-refractivity contribution in [1.82, 2.24) is 15.1 Å². The normalized spacial score (nSPS) is 10.5. The van der Waals surface area contributed by atoms with Crippen molar-refractivity contribution in [2.75, 3.05) is 11.9 Å². The molecular formula is C10H10ClFN4O. The molecule has 1 N–H and O–H groups in total. The number of rotatable bonds is 4. The highest BCUT2D eigenvalue weighted by Gasteiger charge is 2.08. The zero-order valence-corrected chi connectivity index (χ0v) is 9.83. The second-order valence-corrected chi connectivity index (χ2v) is 3.80. The van der Waals surface area contributed by atoms with Crippen LogP contribution in [0.1, 0.15) is 11.7 Å². The third-order valence-electron chi connectivity index (χ3n) is 2.06. The Morgan fingerprint density at radius 1 is 1.47 bits per heavy atom. The molecule has 17 heavy (non-hydrogen) atoms. The Kier molecular flexibility index (Phi) is 3.53. The number of aryl methyl sites for hydroxylation is 1. The van der Waals surface area contributed by atoms with Gasteiger partial charge in [-0.1, -0.05) is 16.8 Å².